The van der Waals surface area contributed by atoms with Crippen LogP contribution in [-0.2, 0) is 19.1 Å². The van der Waals surface area contributed by atoms with E-state index < -0.39 is 24.5 Å². The van der Waals surface area contributed by atoms with Crippen LogP contribution in [0.1, 0.15) is 41.0 Å². The van der Waals surface area contributed by atoms with Crippen LogP contribution in [0, 0.1) is 5.92 Å². The molecule has 1 fully saturated rings. The molecule has 0 aromatic heterocycles. The molecule has 1 amide bonds. The summed E-state index contributed by atoms with van der Waals surface area (Å²) in [5.41, 5.74) is 1.35. The maximum absolute atomic E-state index is 12.4. The fourth-order valence-electron chi connectivity index (χ4n) is 3.29. The van der Waals surface area contributed by atoms with Gasteiger partial charge in [-0.15, -0.1) is 0 Å². The lowest BCUT2D eigenvalue weighted by Gasteiger charge is -2.17. The molecule has 1 aliphatic rings. The van der Waals surface area contributed by atoms with Gasteiger partial charge < -0.3 is 19.1 Å². The molecule has 0 saturated carbocycles. The van der Waals surface area contributed by atoms with Gasteiger partial charge in [-0.3, -0.25) is 14.4 Å². The average molecular weight is 439 g/mol. The Hall–Kier alpha value is -3.68. The van der Waals surface area contributed by atoms with Gasteiger partial charge in [-0.05, 0) is 62.4 Å². The van der Waals surface area contributed by atoms with Gasteiger partial charge in [-0.25, -0.2) is 4.79 Å². The van der Waals surface area contributed by atoms with Crippen LogP contribution in [-0.4, -0.2) is 50.0 Å². The van der Waals surface area contributed by atoms with Crippen LogP contribution in [0.5, 0.6) is 5.75 Å². The van der Waals surface area contributed by atoms with Crippen LogP contribution in [0.2, 0.25) is 0 Å². The van der Waals surface area contributed by atoms with Gasteiger partial charge >= 0.3 is 11.9 Å². The molecule has 8 nitrogen and oxygen atoms in total. The third-order valence-electron chi connectivity index (χ3n) is 4.97. The highest BCUT2D eigenvalue weighted by atomic mass is 16.5. The smallest absolute Gasteiger partial charge is 0.338 e. The minimum atomic E-state index is -0.670. The van der Waals surface area contributed by atoms with Crippen molar-refractivity contribution < 1.29 is 33.4 Å². The average Bonchev–Trinajstić information content (AvgIpc) is 3.18. The number of amides is 1. The number of rotatable bonds is 8. The highest BCUT2D eigenvalue weighted by Gasteiger charge is 2.36. The first kappa shape index (κ1) is 23.0. The van der Waals surface area contributed by atoms with Crippen LogP contribution in [0.4, 0.5) is 5.69 Å². The molecule has 1 saturated heterocycles. The van der Waals surface area contributed by atoms with Crippen molar-refractivity contribution in [2.24, 2.45) is 5.92 Å². The molecule has 0 spiro atoms. The number of esters is 2. The molecule has 168 valence electrons. The number of ether oxygens (including phenoxy) is 3. The van der Waals surface area contributed by atoms with Crippen LogP contribution >= 0.6 is 0 Å². The summed E-state index contributed by atoms with van der Waals surface area (Å²) < 4.78 is 15.4. The number of anilines is 1. The molecule has 2 aromatic carbocycles. The first-order valence-electron chi connectivity index (χ1n) is 10.2. The molecule has 2 aromatic rings. The van der Waals surface area contributed by atoms with Crippen molar-refractivity contribution >= 4 is 29.3 Å². The Morgan fingerprint density at radius 2 is 1.62 bits per heavy atom. The standard InChI is InChI=1S/C24H25NO7/c1-15(2)32-24(29)17-4-8-19(9-5-17)25-13-18(12-22(25)27)23(28)31-14-21(26)16-6-10-20(30-3)11-7-16/h4-11,15,18H,12-14H2,1-3H3/t18-/m0/s1. The SMILES string of the molecule is COc1ccc(C(=O)COC(=O)[C@H]2CC(=O)N(c3ccc(C(=O)OC(C)C)cc3)C2)cc1. The summed E-state index contributed by atoms with van der Waals surface area (Å²) in [6.45, 7) is 3.27. The lowest BCUT2D eigenvalue weighted by Crippen LogP contribution is -2.27. The van der Waals surface area contributed by atoms with E-state index in [1.165, 1.54) is 12.0 Å². The van der Waals surface area contributed by atoms with Crippen molar-refractivity contribution in [2.75, 3.05) is 25.2 Å². The zero-order valence-corrected chi connectivity index (χ0v) is 18.2. The largest absolute Gasteiger partial charge is 0.497 e. The molecule has 0 bridgehead atoms. The van der Waals surface area contributed by atoms with Gasteiger partial charge in [0, 0.05) is 24.2 Å². The van der Waals surface area contributed by atoms with Crippen molar-refractivity contribution in [3.05, 3.63) is 59.7 Å². The van der Waals surface area contributed by atoms with E-state index >= 15 is 0 Å². The minimum absolute atomic E-state index is 0.00724. The van der Waals surface area contributed by atoms with E-state index in [-0.39, 0.29) is 30.8 Å². The normalized spacial score (nSPS) is 15.6. The molecular formula is C24H25NO7. The number of Topliss-reactive ketones (excluding diaryl/α,β-unsaturated/α-hetero) is 1. The van der Waals surface area contributed by atoms with E-state index in [2.05, 4.69) is 0 Å². The van der Waals surface area contributed by atoms with Crippen molar-refractivity contribution in [1.29, 1.82) is 0 Å². The maximum atomic E-state index is 12.4. The molecule has 32 heavy (non-hydrogen) atoms. The van der Waals surface area contributed by atoms with Gasteiger partial charge in [0.1, 0.15) is 5.75 Å². The molecule has 1 heterocycles. The number of methoxy groups -OCH3 is 1. The number of hydrogen-bond donors (Lipinski definition) is 0. The number of carbonyl (C=O) groups excluding carboxylic acids is 4. The van der Waals surface area contributed by atoms with E-state index in [0.29, 0.717) is 22.6 Å². The third-order valence-corrected chi connectivity index (χ3v) is 4.97. The van der Waals surface area contributed by atoms with Gasteiger partial charge in [0.25, 0.3) is 0 Å². The lowest BCUT2D eigenvalue weighted by atomic mass is 10.1. The fourth-order valence-corrected chi connectivity index (χ4v) is 3.29. The molecule has 0 radical (unpaired) electrons. The molecule has 3 rings (SSSR count). The summed E-state index contributed by atoms with van der Waals surface area (Å²) in [5, 5.41) is 0. The summed E-state index contributed by atoms with van der Waals surface area (Å²) in [5.74, 6) is -1.66. The lowest BCUT2D eigenvalue weighted by molar-refractivity contribution is -0.147. The summed E-state index contributed by atoms with van der Waals surface area (Å²) in [7, 11) is 1.53. The summed E-state index contributed by atoms with van der Waals surface area (Å²) >= 11 is 0. The van der Waals surface area contributed by atoms with Crippen LogP contribution in [0.15, 0.2) is 48.5 Å². The van der Waals surface area contributed by atoms with Crippen LogP contribution in [0.3, 0.4) is 0 Å². The monoisotopic (exact) mass is 439 g/mol. The maximum Gasteiger partial charge on any atom is 0.338 e. The van der Waals surface area contributed by atoms with Gasteiger partial charge in [-0.2, -0.15) is 0 Å². The van der Waals surface area contributed by atoms with Gasteiger partial charge in [-0.1, -0.05) is 0 Å². The van der Waals surface area contributed by atoms with E-state index in [9.17, 15) is 19.2 Å². The third kappa shape index (κ3) is 5.51. The Morgan fingerprint density at radius 1 is 1.00 bits per heavy atom. The Kier molecular flexibility index (Phi) is 7.25. The summed E-state index contributed by atoms with van der Waals surface area (Å²) in [6.07, 6.45) is -0.238. The first-order chi connectivity index (χ1) is 15.3. The van der Waals surface area contributed by atoms with Crippen molar-refractivity contribution in [2.45, 2.75) is 26.4 Å². The molecule has 1 aliphatic heterocycles. The summed E-state index contributed by atoms with van der Waals surface area (Å²) in [4.78, 5) is 50.5. The zero-order chi connectivity index (χ0) is 23.3. The fraction of sp³-hybridized carbons (Fsp3) is 0.333. The Balaban J connectivity index is 1.55. The van der Waals surface area contributed by atoms with Crippen LogP contribution in [0.25, 0.3) is 0 Å². The molecule has 1 atom stereocenters. The van der Waals surface area contributed by atoms with Gasteiger partial charge in [0.2, 0.25) is 5.91 Å². The second-order valence-corrected chi connectivity index (χ2v) is 7.67. The number of benzene rings is 2. The molecule has 8 heteroatoms. The minimum Gasteiger partial charge on any atom is -0.497 e. The number of hydrogen-bond acceptors (Lipinski definition) is 7. The highest BCUT2D eigenvalue weighted by molar-refractivity contribution is 6.01. The van der Waals surface area contributed by atoms with Crippen molar-refractivity contribution in [3.8, 4) is 5.75 Å². The number of carbonyl (C=O) groups is 4. The topological polar surface area (TPSA) is 99.2 Å². The predicted octanol–water partition coefficient (Wildman–Crippen LogP) is 3.04. The Bertz CT molecular complexity index is 996. The summed E-state index contributed by atoms with van der Waals surface area (Å²) in [6, 6.07) is 12.9. The van der Waals surface area contributed by atoms with E-state index in [0.717, 1.165) is 0 Å². The Labute approximate surface area is 186 Å². The predicted molar refractivity (Wildman–Crippen MR) is 116 cm³/mol. The van der Waals surface area contributed by atoms with Gasteiger partial charge in [0.05, 0.1) is 24.7 Å². The van der Waals surface area contributed by atoms with E-state index in [1.807, 2.05) is 0 Å². The molecule has 0 N–H and O–H groups in total. The quantitative estimate of drug-likeness (QED) is 0.460. The number of nitrogens with zero attached hydrogens (tertiary/aromatic N) is 1. The highest BCUT2D eigenvalue weighted by Crippen LogP contribution is 2.26. The van der Waals surface area contributed by atoms with E-state index in [4.69, 9.17) is 14.2 Å². The molecular weight excluding hydrogens is 414 g/mol. The number of ketones is 1. The molecule has 0 aliphatic carbocycles. The zero-order valence-electron chi connectivity index (χ0n) is 18.2. The Morgan fingerprint density at radius 3 is 2.22 bits per heavy atom. The van der Waals surface area contributed by atoms with Crippen molar-refractivity contribution in [1.82, 2.24) is 0 Å². The second kappa shape index (κ2) is 10.1. The van der Waals surface area contributed by atoms with Crippen molar-refractivity contribution in [3.63, 3.8) is 0 Å². The second-order valence-electron chi connectivity index (χ2n) is 7.67. The van der Waals surface area contributed by atoms with Crippen LogP contribution < -0.4 is 9.64 Å². The van der Waals surface area contributed by atoms with Gasteiger partial charge in [0.15, 0.2) is 12.4 Å². The molecule has 0 unspecified atom stereocenters. The van der Waals surface area contributed by atoms with E-state index in [1.54, 1.807) is 62.4 Å². The first-order valence-corrected chi connectivity index (χ1v) is 10.2.